The first-order chi connectivity index (χ1) is 18.5. The molecule has 0 saturated carbocycles. The molecule has 0 fully saturated rings. The quantitative estimate of drug-likeness (QED) is 0.320. The summed E-state index contributed by atoms with van der Waals surface area (Å²) in [6.45, 7) is 0.416. The topological polar surface area (TPSA) is 100.0 Å². The summed E-state index contributed by atoms with van der Waals surface area (Å²) in [5.74, 6) is -0.521. The number of benzene rings is 2. The highest BCUT2D eigenvalue weighted by molar-refractivity contribution is 5.84. The average Bonchev–Trinajstić information content (AvgIpc) is 3.47. The summed E-state index contributed by atoms with van der Waals surface area (Å²) in [6, 6.07) is 9.24. The van der Waals surface area contributed by atoms with Gasteiger partial charge in [-0.1, -0.05) is 6.07 Å². The minimum Gasteiger partial charge on any atom is -0.434 e. The van der Waals surface area contributed by atoms with Gasteiger partial charge in [0.05, 0.1) is 24.0 Å². The van der Waals surface area contributed by atoms with Gasteiger partial charge in [-0.2, -0.15) is 13.9 Å². The Morgan fingerprint density at radius 2 is 1.85 bits per heavy atom. The van der Waals surface area contributed by atoms with Gasteiger partial charge in [0.15, 0.2) is 5.82 Å². The number of alkyl halides is 2. The maximum Gasteiger partial charge on any atom is 0.387 e. The summed E-state index contributed by atoms with van der Waals surface area (Å²) in [7, 11) is 1.52. The van der Waals surface area contributed by atoms with Crippen LogP contribution < -0.4 is 10.3 Å². The summed E-state index contributed by atoms with van der Waals surface area (Å²) < 4.78 is 50.9. The fraction of sp³-hybridized carbons (Fsp3) is 0.259. The summed E-state index contributed by atoms with van der Waals surface area (Å²) in [5.41, 5.74) is 0.321. The number of fused-ring (bicyclic) bond motifs is 1. The van der Waals surface area contributed by atoms with Crippen LogP contribution >= 0.6 is 0 Å². The van der Waals surface area contributed by atoms with Crippen molar-refractivity contribution in [3.05, 3.63) is 94.3 Å². The zero-order valence-electron chi connectivity index (χ0n) is 21.3. The standard InChI is InChI=1S/C27H25F3N6O3/c1-27(2,38)25-31-12-18(13-32-25)19-11-22-20(10-21(19)28)24(37)34(3)36(22)15-17-9-16(14-35-8-4-7-33-35)5-6-23(17)39-26(29)30/h4-13,26,38H,14-15H2,1-3H3. The molecule has 0 radical (unpaired) electrons. The lowest BCUT2D eigenvalue weighted by Crippen LogP contribution is -2.20. The zero-order chi connectivity index (χ0) is 27.9. The number of ether oxygens (including phenoxy) is 1. The molecular formula is C27H25F3N6O3. The van der Waals surface area contributed by atoms with E-state index in [0.29, 0.717) is 23.2 Å². The molecule has 0 unspecified atom stereocenters. The van der Waals surface area contributed by atoms with Crippen molar-refractivity contribution in [2.75, 3.05) is 0 Å². The van der Waals surface area contributed by atoms with Crippen LogP contribution in [-0.2, 0) is 25.7 Å². The third-order valence-electron chi connectivity index (χ3n) is 6.32. The van der Waals surface area contributed by atoms with Crippen molar-refractivity contribution in [2.24, 2.45) is 7.05 Å². The first-order valence-electron chi connectivity index (χ1n) is 12.0. The van der Waals surface area contributed by atoms with Crippen LogP contribution in [-0.4, -0.2) is 40.8 Å². The number of aromatic nitrogens is 6. The molecule has 0 atom stereocenters. The number of hydrogen-bond acceptors (Lipinski definition) is 6. The average molecular weight is 539 g/mol. The van der Waals surface area contributed by atoms with Crippen molar-refractivity contribution in [3.8, 4) is 16.9 Å². The fourth-order valence-electron chi connectivity index (χ4n) is 4.40. The number of hydrogen-bond donors (Lipinski definition) is 1. The highest BCUT2D eigenvalue weighted by Gasteiger charge is 2.21. The molecule has 9 nitrogen and oxygen atoms in total. The Morgan fingerprint density at radius 1 is 1.10 bits per heavy atom. The summed E-state index contributed by atoms with van der Waals surface area (Å²) in [4.78, 5) is 21.3. The normalized spacial score (nSPS) is 12.0. The molecule has 5 rings (SSSR count). The van der Waals surface area contributed by atoms with E-state index in [0.717, 1.165) is 11.6 Å². The van der Waals surface area contributed by atoms with Gasteiger partial charge in [0.2, 0.25) is 0 Å². The van der Waals surface area contributed by atoms with E-state index in [-0.39, 0.29) is 29.1 Å². The van der Waals surface area contributed by atoms with Gasteiger partial charge in [0.1, 0.15) is 17.2 Å². The molecule has 3 aromatic heterocycles. The molecule has 0 aliphatic carbocycles. The molecule has 0 saturated heterocycles. The molecule has 0 aliphatic heterocycles. The fourth-order valence-corrected chi connectivity index (χ4v) is 4.40. The van der Waals surface area contributed by atoms with E-state index in [2.05, 4.69) is 15.1 Å². The molecule has 3 heterocycles. The Bertz CT molecular complexity index is 1690. The molecular weight excluding hydrogens is 513 g/mol. The SMILES string of the molecule is Cn1c(=O)c2cc(F)c(-c3cnc(C(C)(C)O)nc3)cc2n1Cc1cc(Cn2cccn2)ccc1OC(F)F. The predicted octanol–water partition coefficient (Wildman–Crippen LogP) is 4.06. The van der Waals surface area contributed by atoms with E-state index in [9.17, 15) is 18.7 Å². The van der Waals surface area contributed by atoms with Crippen LogP contribution in [0.4, 0.5) is 13.2 Å². The molecule has 0 bridgehead atoms. The summed E-state index contributed by atoms with van der Waals surface area (Å²) >= 11 is 0. The molecule has 0 amide bonds. The smallest absolute Gasteiger partial charge is 0.387 e. The second kappa shape index (κ2) is 10.0. The van der Waals surface area contributed by atoms with Gasteiger partial charge >= 0.3 is 6.61 Å². The van der Waals surface area contributed by atoms with Crippen molar-refractivity contribution >= 4 is 10.9 Å². The molecule has 12 heteroatoms. The van der Waals surface area contributed by atoms with Gasteiger partial charge in [-0.25, -0.2) is 14.4 Å². The maximum atomic E-state index is 15.2. The Labute approximate surface area is 220 Å². The first kappa shape index (κ1) is 26.2. The van der Waals surface area contributed by atoms with Crippen molar-refractivity contribution < 1.29 is 23.0 Å². The number of halogens is 3. The Kier molecular flexibility index (Phi) is 6.73. The van der Waals surface area contributed by atoms with E-state index < -0.39 is 23.6 Å². The van der Waals surface area contributed by atoms with E-state index >= 15 is 4.39 Å². The van der Waals surface area contributed by atoms with Gasteiger partial charge in [-0.3, -0.25) is 18.8 Å². The second-order valence-corrected chi connectivity index (χ2v) is 9.61. The number of aliphatic hydroxyl groups is 1. The van der Waals surface area contributed by atoms with E-state index in [4.69, 9.17) is 4.74 Å². The second-order valence-electron chi connectivity index (χ2n) is 9.61. The van der Waals surface area contributed by atoms with Gasteiger partial charge in [-0.15, -0.1) is 0 Å². The summed E-state index contributed by atoms with van der Waals surface area (Å²) in [5, 5.41) is 14.4. The maximum absolute atomic E-state index is 15.2. The third-order valence-corrected chi connectivity index (χ3v) is 6.32. The Balaban J connectivity index is 1.60. The van der Waals surface area contributed by atoms with Gasteiger partial charge in [0, 0.05) is 48.5 Å². The molecule has 5 aromatic rings. The van der Waals surface area contributed by atoms with Crippen LogP contribution in [0.25, 0.3) is 22.0 Å². The lowest BCUT2D eigenvalue weighted by Gasteiger charge is -2.16. The lowest BCUT2D eigenvalue weighted by atomic mass is 10.1. The predicted molar refractivity (Wildman–Crippen MR) is 137 cm³/mol. The molecule has 0 spiro atoms. The minimum atomic E-state index is -3.04. The molecule has 202 valence electrons. The molecule has 39 heavy (non-hydrogen) atoms. The van der Waals surface area contributed by atoms with Crippen LogP contribution in [0.2, 0.25) is 0 Å². The van der Waals surface area contributed by atoms with Crippen LogP contribution in [0.15, 0.2) is 66.0 Å². The van der Waals surface area contributed by atoms with E-state index in [1.54, 1.807) is 40.0 Å². The number of nitrogens with zero attached hydrogens (tertiary/aromatic N) is 6. The molecule has 1 N–H and O–H groups in total. The largest absolute Gasteiger partial charge is 0.434 e. The minimum absolute atomic E-state index is 0.0105. The Hall–Kier alpha value is -4.45. The molecule has 0 aliphatic rings. The van der Waals surface area contributed by atoms with Crippen LogP contribution in [0, 0.1) is 5.82 Å². The highest BCUT2D eigenvalue weighted by Crippen LogP contribution is 2.29. The van der Waals surface area contributed by atoms with Crippen LogP contribution in [0.5, 0.6) is 5.75 Å². The van der Waals surface area contributed by atoms with Crippen LogP contribution in [0.3, 0.4) is 0 Å². The van der Waals surface area contributed by atoms with Crippen LogP contribution in [0.1, 0.15) is 30.8 Å². The summed E-state index contributed by atoms with van der Waals surface area (Å²) in [6.07, 6.45) is 6.20. The zero-order valence-corrected chi connectivity index (χ0v) is 21.3. The van der Waals surface area contributed by atoms with Gasteiger partial charge < -0.3 is 9.84 Å². The molecule has 2 aromatic carbocycles. The van der Waals surface area contributed by atoms with Crippen molar-refractivity contribution in [2.45, 2.75) is 39.1 Å². The third kappa shape index (κ3) is 5.28. The van der Waals surface area contributed by atoms with Crippen molar-refractivity contribution in [1.29, 1.82) is 0 Å². The number of rotatable bonds is 8. The van der Waals surface area contributed by atoms with Crippen molar-refractivity contribution in [3.63, 3.8) is 0 Å². The van der Waals surface area contributed by atoms with E-state index in [1.165, 1.54) is 50.1 Å². The Morgan fingerprint density at radius 3 is 2.49 bits per heavy atom. The van der Waals surface area contributed by atoms with Gasteiger partial charge in [0.25, 0.3) is 5.56 Å². The van der Waals surface area contributed by atoms with E-state index in [1.807, 2.05) is 0 Å². The first-order valence-corrected chi connectivity index (χ1v) is 12.0. The highest BCUT2D eigenvalue weighted by atomic mass is 19.3. The van der Waals surface area contributed by atoms with Crippen molar-refractivity contribution in [1.82, 2.24) is 29.1 Å². The monoisotopic (exact) mass is 538 g/mol. The lowest BCUT2D eigenvalue weighted by molar-refractivity contribution is -0.0505. The van der Waals surface area contributed by atoms with Gasteiger partial charge in [-0.05, 0) is 49.7 Å².